The highest BCUT2D eigenvalue weighted by molar-refractivity contribution is 7.12. The summed E-state index contributed by atoms with van der Waals surface area (Å²) in [7, 11) is 0. The number of thiophene rings is 1. The van der Waals surface area contributed by atoms with E-state index in [1.54, 1.807) is 48.5 Å². The first-order chi connectivity index (χ1) is 13.2. The fourth-order valence-electron chi connectivity index (χ4n) is 2.63. The van der Waals surface area contributed by atoms with E-state index in [0.717, 1.165) is 0 Å². The number of benzene rings is 2. The number of aliphatic hydroxyl groups is 1. The van der Waals surface area contributed by atoms with Gasteiger partial charge >= 0.3 is 0 Å². The predicted octanol–water partition coefficient (Wildman–Crippen LogP) is 3.84. The highest BCUT2D eigenvalue weighted by atomic mass is 32.1. The molecule has 2 aromatic carbocycles. The van der Waals surface area contributed by atoms with Crippen LogP contribution in [0.4, 0.5) is 5.69 Å². The zero-order valence-corrected chi connectivity index (χ0v) is 15.1. The second-order valence-corrected chi connectivity index (χ2v) is 6.84. The van der Waals surface area contributed by atoms with Gasteiger partial charge in [0.25, 0.3) is 5.91 Å². The molecule has 7 heteroatoms. The quantitative estimate of drug-likeness (QED) is 0.676. The largest absolute Gasteiger partial charge is 0.491 e. The Hall–Kier alpha value is -3.03. The summed E-state index contributed by atoms with van der Waals surface area (Å²) in [5.41, 5.74) is 1.37. The zero-order chi connectivity index (χ0) is 18.6. The normalized spacial score (nSPS) is 13.2. The average Bonchev–Trinajstić information content (AvgIpc) is 3.38. The van der Waals surface area contributed by atoms with Crippen LogP contribution in [0.1, 0.15) is 21.3 Å². The molecule has 1 aliphatic rings. The Bertz CT molecular complexity index is 924. The number of fused-ring (bicyclic) bond motifs is 1. The third kappa shape index (κ3) is 4.05. The van der Waals surface area contributed by atoms with Crippen LogP contribution < -0.4 is 19.5 Å². The highest BCUT2D eigenvalue weighted by Gasteiger charge is 2.17. The van der Waals surface area contributed by atoms with Crippen LogP contribution >= 0.6 is 11.3 Å². The number of carbonyl (C=O) groups is 1. The maximum atomic E-state index is 12.0. The molecule has 0 unspecified atom stereocenters. The van der Waals surface area contributed by atoms with Crippen LogP contribution in [0.25, 0.3) is 0 Å². The minimum atomic E-state index is -0.794. The van der Waals surface area contributed by atoms with Gasteiger partial charge in [-0.1, -0.05) is 12.1 Å². The molecule has 0 aliphatic carbocycles. The second-order valence-electron chi connectivity index (χ2n) is 5.90. The molecule has 0 saturated heterocycles. The molecule has 2 N–H and O–H groups in total. The van der Waals surface area contributed by atoms with Crippen molar-refractivity contribution in [3.8, 4) is 17.2 Å². The number of ether oxygens (including phenoxy) is 3. The molecular formula is C20H17NO5S. The topological polar surface area (TPSA) is 77.0 Å². The summed E-state index contributed by atoms with van der Waals surface area (Å²) in [6.07, 6.45) is -0.794. The Labute approximate surface area is 159 Å². The first kappa shape index (κ1) is 17.4. The molecule has 0 saturated carbocycles. The van der Waals surface area contributed by atoms with Crippen LogP contribution in [0, 0.1) is 0 Å². The number of hydrogen-bond donors (Lipinski definition) is 2. The predicted molar refractivity (Wildman–Crippen MR) is 102 cm³/mol. The van der Waals surface area contributed by atoms with Crippen molar-refractivity contribution in [2.24, 2.45) is 0 Å². The van der Waals surface area contributed by atoms with Gasteiger partial charge in [-0.25, -0.2) is 0 Å². The van der Waals surface area contributed by atoms with Crippen LogP contribution in [0.15, 0.2) is 60.0 Å². The lowest BCUT2D eigenvalue weighted by molar-refractivity contribution is 0.103. The smallest absolute Gasteiger partial charge is 0.265 e. The van der Waals surface area contributed by atoms with Crippen LogP contribution in [0.5, 0.6) is 17.2 Å². The molecule has 2 heterocycles. The second kappa shape index (κ2) is 7.69. The van der Waals surface area contributed by atoms with E-state index in [-0.39, 0.29) is 19.3 Å². The molecule has 0 bridgehead atoms. The molecule has 0 spiro atoms. The van der Waals surface area contributed by atoms with Crippen LogP contribution in [0.2, 0.25) is 0 Å². The van der Waals surface area contributed by atoms with E-state index < -0.39 is 6.10 Å². The maximum Gasteiger partial charge on any atom is 0.265 e. The number of anilines is 1. The van der Waals surface area contributed by atoms with Gasteiger partial charge in [0.05, 0.1) is 4.88 Å². The summed E-state index contributed by atoms with van der Waals surface area (Å²) in [5, 5.41) is 15.0. The molecular weight excluding hydrogens is 366 g/mol. The lowest BCUT2D eigenvalue weighted by Gasteiger charge is -2.13. The van der Waals surface area contributed by atoms with Crippen LogP contribution in [-0.4, -0.2) is 24.4 Å². The highest BCUT2D eigenvalue weighted by Crippen LogP contribution is 2.34. The van der Waals surface area contributed by atoms with Gasteiger partial charge in [0.1, 0.15) is 18.5 Å². The van der Waals surface area contributed by atoms with Gasteiger partial charge in [-0.05, 0) is 53.4 Å². The average molecular weight is 383 g/mol. The molecule has 6 nitrogen and oxygen atoms in total. The molecule has 27 heavy (non-hydrogen) atoms. The van der Waals surface area contributed by atoms with Crippen molar-refractivity contribution in [3.05, 3.63) is 70.4 Å². The minimum absolute atomic E-state index is 0.0978. The van der Waals surface area contributed by atoms with Gasteiger partial charge in [0.2, 0.25) is 6.79 Å². The van der Waals surface area contributed by atoms with Gasteiger partial charge in [0.15, 0.2) is 11.5 Å². The number of nitrogens with one attached hydrogen (secondary N) is 1. The Morgan fingerprint density at radius 3 is 2.74 bits per heavy atom. The third-order valence-electron chi connectivity index (χ3n) is 4.05. The summed E-state index contributed by atoms with van der Waals surface area (Å²) < 4.78 is 16.2. The Balaban J connectivity index is 1.32. The van der Waals surface area contributed by atoms with Gasteiger partial charge in [-0.15, -0.1) is 11.3 Å². The fraction of sp³-hybridized carbons (Fsp3) is 0.150. The van der Waals surface area contributed by atoms with E-state index in [1.165, 1.54) is 11.3 Å². The van der Waals surface area contributed by atoms with Crippen LogP contribution in [0.3, 0.4) is 0 Å². The van der Waals surface area contributed by atoms with Crippen molar-refractivity contribution in [1.82, 2.24) is 0 Å². The summed E-state index contributed by atoms with van der Waals surface area (Å²) in [6, 6.07) is 15.9. The molecule has 1 aliphatic heterocycles. The standard InChI is InChI=1S/C20H17NO5S/c22-16(13-3-8-17-18(10-13)26-12-25-17)11-24-15-6-4-14(5-7-15)21-20(23)19-2-1-9-27-19/h1-10,16,22H,11-12H2,(H,21,23)/t16-/m1/s1. The van der Waals surface area contributed by atoms with Crippen LogP contribution in [-0.2, 0) is 0 Å². The molecule has 3 aromatic rings. The van der Waals surface area contributed by atoms with E-state index >= 15 is 0 Å². The molecule has 0 fully saturated rings. The lowest BCUT2D eigenvalue weighted by atomic mass is 10.1. The maximum absolute atomic E-state index is 12.0. The van der Waals surface area contributed by atoms with E-state index in [4.69, 9.17) is 14.2 Å². The summed E-state index contributed by atoms with van der Waals surface area (Å²) in [5.74, 6) is 1.75. The SMILES string of the molecule is O=C(Nc1ccc(OC[C@@H](O)c2ccc3c(c2)OCO3)cc1)c1cccs1. The van der Waals surface area contributed by atoms with E-state index in [0.29, 0.717) is 33.4 Å². The van der Waals surface area contributed by atoms with Crippen molar-refractivity contribution in [3.63, 3.8) is 0 Å². The lowest BCUT2D eigenvalue weighted by Crippen LogP contribution is -2.11. The van der Waals surface area contributed by atoms with Crippen molar-refractivity contribution in [2.75, 3.05) is 18.7 Å². The number of carbonyl (C=O) groups excluding carboxylic acids is 1. The number of hydrogen-bond acceptors (Lipinski definition) is 6. The van der Waals surface area contributed by atoms with Gasteiger partial charge in [0, 0.05) is 5.69 Å². The zero-order valence-electron chi connectivity index (χ0n) is 14.3. The van der Waals surface area contributed by atoms with E-state index in [9.17, 15) is 9.90 Å². The molecule has 1 amide bonds. The summed E-state index contributed by atoms with van der Waals surface area (Å²) in [4.78, 5) is 12.7. The molecule has 1 atom stereocenters. The monoisotopic (exact) mass is 383 g/mol. The Morgan fingerprint density at radius 1 is 1.15 bits per heavy atom. The summed E-state index contributed by atoms with van der Waals surface area (Å²) >= 11 is 1.39. The number of amides is 1. The van der Waals surface area contributed by atoms with Crippen molar-refractivity contribution in [2.45, 2.75) is 6.10 Å². The fourth-order valence-corrected chi connectivity index (χ4v) is 3.25. The van der Waals surface area contributed by atoms with Gasteiger partial charge < -0.3 is 24.6 Å². The molecule has 138 valence electrons. The van der Waals surface area contributed by atoms with E-state index in [1.807, 2.05) is 11.4 Å². The van der Waals surface area contributed by atoms with Crippen molar-refractivity contribution >= 4 is 22.9 Å². The molecule has 1 aromatic heterocycles. The molecule has 4 rings (SSSR count). The molecule has 0 radical (unpaired) electrons. The van der Waals surface area contributed by atoms with Crippen molar-refractivity contribution < 1.29 is 24.1 Å². The summed E-state index contributed by atoms with van der Waals surface area (Å²) in [6.45, 7) is 0.293. The number of aliphatic hydroxyl groups excluding tert-OH is 1. The van der Waals surface area contributed by atoms with Crippen molar-refractivity contribution in [1.29, 1.82) is 0 Å². The third-order valence-corrected chi connectivity index (χ3v) is 4.92. The van der Waals surface area contributed by atoms with Gasteiger partial charge in [-0.3, -0.25) is 4.79 Å². The Kier molecular flexibility index (Phi) is 4.95. The van der Waals surface area contributed by atoms with Gasteiger partial charge in [-0.2, -0.15) is 0 Å². The first-order valence-electron chi connectivity index (χ1n) is 8.34. The number of rotatable bonds is 6. The Morgan fingerprint density at radius 2 is 1.96 bits per heavy atom. The minimum Gasteiger partial charge on any atom is -0.491 e. The van der Waals surface area contributed by atoms with E-state index in [2.05, 4.69) is 5.32 Å². The first-order valence-corrected chi connectivity index (χ1v) is 9.22.